The van der Waals surface area contributed by atoms with Gasteiger partial charge in [-0.1, -0.05) is 31.2 Å². The van der Waals surface area contributed by atoms with Gasteiger partial charge >= 0.3 is 0 Å². The van der Waals surface area contributed by atoms with Crippen LogP contribution in [-0.4, -0.2) is 30.1 Å². The van der Waals surface area contributed by atoms with Gasteiger partial charge in [0.15, 0.2) is 11.6 Å². The lowest BCUT2D eigenvalue weighted by molar-refractivity contribution is 0.0895. The van der Waals surface area contributed by atoms with Gasteiger partial charge < -0.3 is 14.6 Å². The number of amides is 1. The molecular weight excluding hydrogens is 435 g/mol. The molecule has 0 spiro atoms. The molecule has 3 rings (SSSR count). The number of hydrogen-bond acceptors (Lipinski definition) is 3. The molecular formula is C20H21ClF3N3O2Si. The van der Waals surface area contributed by atoms with Crippen molar-refractivity contribution in [2.75, 3.05) is 11.9 Å². The Balaban J connectivity index is 1.90. The quantitative estimate of drug-likeness (QED) is 0.369. The summed E-state index contributed by atoms with van der Waals surface area (Å²) in [5.74, 6) is -3.70. The smallest absolute Gasteiger partial charge is 0.257 e. The van der Waals surface area contributed by atoms with Gasteiger partial charge in [0.1, 0.15) is 18.1 Å². The van der Waals surface area contributed by atoms with E-state index in [0.29, 0.717) is 6.61 Å². The number of carbonyl (C=O) groups is 1. The zero-order valence-corrected chi connectivity index (χ0v) is 18.5. The highest BCUT2D eigenvalue weighted by atomic mass is 35.5. The summed E-state index contributed by atoms with van der Waals surface area (Å²) >= 11 is 5.73. The molecule has 0 bridgehead atoms. The summed E-state index contributed by atoms with van der Waals surface area (Å²) in [5.41, 5.74) is -0.0870. The molecule has 0 saturated heterocycles. The zero-order chi connectivity index (χ0) is 22.1. The SMILES string of the molecule is C[Si](C)(C)CCOCn1cnc2c(F)c(F)cc(C(=O)Nc3ccc(F)c(Cl)c3)c21. The Bertz CT molecular complexity index is 1100. The minimum atomic E-state index is -1.29. The van der Waals surface area contributed by atoms with Crippen LogP contribution in [0.4, 0.5) is 18.9 Å². The Morgan fingerprint density at radius 2 is 1.93 bits per heavy atom. The first-order valence-electron chi connectivity index (χ1n) is 9.24. The number of ether oxygens (including phenoxy) is 1. The number of nitrogens with zero attached hydrogens (tertiary/aromatic N) is 2. The van der Waals surface area contributed by atoms with Crippen molar-refractivity contribution in [1.29, 1.82) is 0 Å². The van der Waals surface area contributed by atoms with E-state index in [9.17, 15) is 18.0 Å². The number of aromatic nitrogens is 2. The second kappa shape index (κ2) is 8.79. The van der Waals surface area contributed by atoms with Crippen LogP contribution < -0.4 is 5.32 Å². The third-order valence-electron chi connectivity index (χ3n) is 4.43. The fraction of sp³-hybridized carbons (Fsp3) is 0.300. The van der Waals surface area contributed by atoms with Crippen LogP contribution >= 0.6 is 11.6 Å². The molecule has 160 valence electrons. The lowest BCUT2D eigenvalue weighted by atomic mass is 10.1. The fourth-order valence-electron chi connectivity index (χ4n) is 2.78. The van der Waals surface area contributed by atoms with Crippen molar-refractivity contribution in [3.05, 3.63) is 58.6 Å². The van der Waals surface area contributed by atoms with Gasteiger partial charge in [0, 0.05) is 20.4 Å². The average molecular weight is 456 g/mol. The molecule has 10 heteroatoms. The van der Waals surface area contributed by atoms with Crippen LogP contribution in [0.1, 0.15) is 10.4 Å². The molecule has 0 aliphatic rings. The van der Waals surface area contributed by atoms with Crippen LogP contribution in [0.15, 0.2) is 30.6 Å². The molecule has 0 atom stereocenters. The van der Waals surface area contributed by atoms with Crippen molar-refractivity contribution in [2.24, 2.45) is 0 Å². The van der Waals surface area contributed by atoms with E-state index in [1.807, 2.05) is 0 Å². The number of benzene rings is 2. The third-order valence-corrected chi connectivity index (χ3v) is 6.42. The van der Waals surface area contributed by atoms with Gasteiger partial charge in [0.25, 0.3) is 5.91 Å². The second-order valence-corrected chi connectivity index (χ2v) is 14.1. The van der Waals surface area contributed by atoms with E-state index in [-0.39, 0.29) is 34.0 Å². The van der Waals surface area contributed by atoms with Gasteiger partial charge in [-0.15, -0.1) is 0 Å². The van der Waals surface area contributed by atoms with Crippen LogP contribution in [0.5, 0.6) is 0 Å². The molecule has 30 heavy (non-hydrogen) atoms. The highest BCUT2D eigenvalue weighted by Crippen LogP contribution is 2.26. The second-order valence-electron chi connectivity index (χ2n) is 8.06. The fourth-order valence-corrected chi connectivity index (χ4v) is 3.72. The van der Waals surface area contributed by atoms with Gasteiger partial charge in [-0.2, -0.15) is 0 Å². The molecule has 0 fully saturated rings. The minimum Gasteiger partial charge on any atom is -0.361 e. The van der Waals surface area contributed by atoms with Gasteiger partial charge in [-0.05, 0) is 30.3 Å². The largest absolute Gasteiger partial charge is 0.361 e. The van der Waals surface area contributed by atoms with E-state index in [1.54, 1.807) is 0 Å². The number of fused-ring (bicyclic) bond motifs is 1. The highest BCUT2D eigenvalue weighted by molar-refractivity contribution is 6.76. The molecule has 0 radical (unpaired) electrons. The van der Waals surface area contributed by atoms with E-state index < -0.39 is 31.4 Å². The number of anilines is 1. The van der Waals surface area contributed by atoms with E-state index in [4.69, 9.17) is 16.3 Å². The molecule has 0 unspecified atom stereocenters. The number of hydrogen-bond donors (Lipinski definition) is 1. The first kappa shape index (κ1) is 22.3. The van der Waals surface area contributed by atoms with E-state index in [0.717, 1.165) is 18.2 Å². The Morgan fingerprint density at radius 1 is 1.20 bits per heavy atom. The lowest BCUT2D eigenvalue weighted by Gasteiger charge is -2.16. The van der Waals surface area contributed by atoms with Crippen molar-refractivity contribution in [1.82, 2.24) is 9.55 Å². The first-order chi connectivity index (χ1) is 14.1. The van der Waals surface area contributed by atoms with Gasteiger partial charge in [-0.3, -0.25) is 4.79 Å². The summed E-state index contributed by atoms with van der Waals surface area (Å²) in [6, 6.07) is 5.37. The number of rotatable bonds is 7. The molecule has 0 aliphatic carbocycles. The summed E-state index contributed by atoms with van der Waals surface area (Å²) in [7, 11) is -1.29. The normalized spacial score (nSPS) is 11.8. The standard InChI is InChI=1S/C20H21ClF3N3O2Si/c1-30(2,3)7-6-29-11-27-10-25-18-17(24)16(23)9-13(19(18)27)20(28)26-12-4-5-15(22)14(21)8-12/h4-5,8-10H,6-7,11H2,1-3H3,(H,26,28). The van der Waals surface area contributed by atoms with Crippen molar-refractivity contribution in [3.63, 3.8) is 0 Å². The van der Waals surface area contributed by atoms with Gasteiger partial charge in [-0.25, -0.2) is 18.2 Å². The number of imidazole rings is 1. The van der Waals surface area contributed by atoms with Crippen LogP contribution in [0, 0.1) is 17.5 Å². The topological polar surface area (TPSA) is 56.2 Å². The molecule has 3 aromatic rings. The molecule has 1 heterocycles. The van der Waals surface area contributed by atoms with Crippen LogP contribution in [0.3, 0.4) is 0 Å². The predicted octanol–water partition coefficient (Wildman–Crippen LogP) is 5.67. The Hall–Kier alpha value is -2.36. The maximum absolute atomic E-state index is 14.2. The number of halogens is 4. The van der Waals surface area contributed by atoms with E-state index in [1.165, 1.54) is 23.0 Å². The summed E-state index contributed by atoms with van der Waals surface area (Å²) in [4.78, 5) is 16.7. The van der Waals surface area contributed by atoms with Gasteiger partial charge in [0.05, 0.1) is 22.4 Å². The molecule has 1 N–H and O–H groups in total. The summed E-state index contributed by atoms with van der Waals surface area (Å²) in [6.07, 6.45) is 1.30. The molecule has 0 saturated carbocycles. The average Bonchev–Trinajstić information content (AvgIpc) is 3.08. The number of carbonyl (C=O) groups excluding carboxylic acids is 1. The molecule has 5 nitrogen and oxygen atoms in total. The summed E-state index contributed by atoms with van der Waals surface area (Å²) in [5, 5.41) is 2.34. The maximum atomic E-state index is 14.2. The molecule has 0 aliphatic heterocycles. The molecule has 1 aromatic heterocycles. The van der Waals surface area contributed by atoms with Crippen molar-refractivity contribution >= 4 is 42.3 Å². The van der Waals surface area contributed by atoms with Crippen molar-refractivity contribution in [3.8, 4) is 0 Å². The van der Waals surface area contributed by atoms with Crippen molar-refractivity contribution in [2.45, 2.75) is 32.4 Å². The van der Waals surface area contributed by atoms with Crippen molar-refractivity contribution < 1.29 is 22.7 Å². The third kappa shape index (κ3) is 5.03. The zero-order valence-electron chi connectivity index (χ0n) is 16.7. The van der Waals surface area contributed by atoms with Gasteiger partial charge in [0.2, 0.25) is 0 Å². The van der Waals surface area contributed by atoms with E-state index >= 15 is 0 Å². The van der Waals surface area contributed by atoms with Crippen LogP contribution in [0.2, 0.25) is 30.7 Å². The maximum Gasteiger partial charge on any atom is 0.257 e. The van der Waals surface area contributed by atoms with E-state index in [2.05, 4.69) is 29.9 Å². The first-order valence-corrected chi connectivity index (χ1v) is 13.3. The highest BCUT2D eigenvalue weighted by Gasteiger charge is 2.22. The summed E-state index contributed by atoms with van der Waals surface area (Å²) < 4.78 is 48.8. The molecule has 2 aromatic carbocycles. The van der Waals surface area contributed by atoms with Crippen LogP contribution in [0.25, 0.3) is 11.0 Å². The lowest BCUT2D eigenvalue weighted by Crippen LogP contribution is -2.22. The van der Waals surface area contributed by atoms with Crippen LogP contribution in [-0.2, 0) is 11.5 Å². The molecule has 1 amide bonds. The Labute approximate surface area is 177 Å². The Kier molecular flexibility index (Phi) is 6.54. The number of nitrogens with one attached hydrogen (secondary N) is 1. The predicted molar refractivity (Wildman–Crippen MR) is 113 cm³/mol. The monoisotopic (exact) mass is 455 g/mol. The Morgan fingerprint density at radius 3 is 2.60 bits per heavy atom. The minimum absolute atomic E-state index is 0.0364. The summed E-state index contributed by atoms with van der Waals surface area (Å²) in [6.45, 7) is 7.19.